The Morgan fingerprint density at radius 1 is 0.844 bits per heavy atom. The SMILES string of the molecule is O=C(On1nnc2ccccc21)c1ccc(-c2cnc3sc(-c4ccc(OC5CCN(C6CCCCC6)CC5)cc4)nn23)cc1. The maximum absolute atomic E-state index is 12.8. The molecule has 10 nitrogen and oxygen atoms in total. The minimum Gasteiger partial charge on any atom is -0.490 e. The first-order chi connectivity index (χ1) is 22.2. The second-order valence-electron chi connectivity index (χ2n) is 11.8. The van der Waals surface area contributed by atoms with Gasteiger partial charge in [-0.05, 0) is 79.4 Å². The smallest absolute Gasteiger partial charge is 0.365 e. The van der Waals surface area contributed by atoms with Crippen LogP contribution in [0.5, 0.6) is 5.75 Å². The molecule has 0 N–H and O–H groups in total. The molecule has 11 heteroatoms. The van der Waals surface area contributed by atoms with Crippen LogP contribution in [-0.4, -0.2) is 65.9 Å². The fourth-order valence-electron chi connectivity index (χ4n) is 6.50. The number of piperidine rings is 1. The molecule has 0 amide bonds. The lowest BCUT2D eigenvalue weighted by molar-refractivity contribution is 0.0409. The molecule has 45 heavy (non-hydrogen) atoms. The average Bonchev–Trinajstić information content (AvgIpc) is 3.81. The molecule has 6 aromatic rings. The van der Waals surface area contributed by atoms with Gasteiger partial charge in [-0.2, -0.15) is 5.10 Å². The monoisotopic (exact) mass is 619 g/mol. The standard InChI is InChI=1S/C34H33N7O3S/c42-33(44-41-30-9-5-4-8-29(30)36-38-41)25-12-10-23(11-13-25)31-22-35-34-40(31)37-32(45-34)24-14-16-27(17-15-24)43-28-18-20-39(21-19-28)26-6-2-1-3-7-26/h4-5,8-17,22,26,28H,1-3,6-7,18-21H2. The number of imidazole rings is 1. The van der Waals surface area contributed by atoms with Crippen molar-refractivity contribution in [2.45, 2.75) is 57.1 Å². The number of fused-ring (bicyclic) bond motifs is 2. The quantitative estimate of drug-likeness (QED) is 0.192. The van der Waals surface area contributed by atoms with Crippen molar-refractivity contribution < 1.29 is 14.4 Å². The van der Waals surface area contributed by atoms with E-state index in [0.29, 0.717) is 16.6 Å². The van der Waals surface area contributed by atoms with Crippen molar-refractivity contribution in [3.05, 3.63) is 84.6 Å². The number of hydrogen-bond donors (Lipinski definition) is 0. The molecule has 1 aliphatic heterocycles. The summed E-state index contributed by atoms with van der Waals surface area (Å²) < 4.78 is 8.22. The largest absolute Gasteiger partial charge is 0.490 e. The zero-order chi connectivity index (χ0) is 30.2. The second-order valence-corrected chi connectivity index (χ2v) is 12.8. The van der Waals surface area contributed by atoms with Crippen molar-refractivity contribution in [1.82, 2.24) is 34.7 Å². The van der Waals surface area contributed by atoms with Crippen LogP contribution in [0.4, 0.5) is 0 Å². The Morgan fingerprint density at radius 3 is 2.40 bits per heavy atom. The summed E-state index contributed by atoms with van der Waals surface area (Å²) in [5.74, 6) is 0.386. The van der Waals surface area contributed by atoms with Crippen molar-refractivity contribution in [2.24, 2.45) is 0 Å². The van der Waals surface area contributed by atoms with Gasteiger partial charge in [0, 0.05) is 30.3 Å². The topological polar surface area (TPSA) is 99.7 Å². The van der Waals surface area contributed by atoms with Crippen LogP contribution in [0, 0.1) is 0 Å². The molecule has 0 atom stereocenters. The van der Waals surface area contributed by atoms with Crippen molar-refractivity contribution in [2.75, 3.05) is 13.1 Å². The summed E-state index contributed by atoms with van der Waals surface area (Å²) in [4.78, 5) is 27.5. The van der Waals surface area contributed by atoms with Crippen LogP contribution in [0.2, 0.25) is 0 Å². The highest BCUT2D eigenvalue weighted by Gasteiger charge is 2.27. The maximum Gasteiger partial charge on any atom is 0.365 e. The number of hydrogen-bond acceptors (Lipinski definition) is 9. The molecule has 4 heterocycles. The van der Waals surface area contributed by atoms with Gasteiger partial charge in [0.2, 0.25) is 4.96 Å². The first kappa shape index (κ1) is 27.9. The average molecular weight is 620 g/mol. The van der Waals surface area contributed by atoms with Gasteiger partial charge in [0.1, 0.15) is 27.9 Å². The summed E-state index contributed by atoms with van der Waals surface area (Å²) in [6.45, 7) is 2.28. The third-order valence-corrected chi connectivity index (χ3v) is 9.94. The van der Waals surface area contributed by atoms with E-state index in [4.69, 9.17) is 14.7 Å². The summed E-state index contributed by atoms with van der Waals surface area (Å²) in [6.07, 6.45) is 11.2. The van der Waals surface area contributed by atoms with Crippen LogP contribution in [0.1, 0.15) is 55.3 Å². The predicted molar refractivity (Wildman–Crippen MR) is 172 cm³/mol. The molecule has 0 unspecified atom stereocenters. The molecule has 1 saturated heterocycles. The second kappa shape index (κ2) is 12.1. The molecule has 2 fully saturated rings. The molecule has 228 valence electrons. The van der Waals surface area contributed by atoms with E-state index in [-0.39, 0.29) is 6.10 Å². The molecule has 8 rings (SSSR count). The number of nitrogens with zero attached hydrogens (tertiary/aromatic N) is 7. The minimum absolute atomic E-state index is 0.275. The van der Waals surface area contributed by atoms with Crippen molar-refractivity contribution >= 4 is 33.3 Å². The third kappa shape index (κ3) is 5.69. The van der Waals surface area contributed by atoms with E-state index in [1.807, 2.05) is 47.0 Å². The van der Waals surface area contributed by atoms with E-state index in [1.54, 1.807) is 24.4 Å². The van der Waals surface area contributed by atoms with E-state index in [9.17, 15) is 4.79 Å². The van der Waals surface area contributed by atoms with Gasteiger partial charge in [-0.1, -0.05) is 59.7 Å². The lowest BCUT2D eigenvalue weighted by Gasteiger charge is -2.39. The Hall–Kier alpha value is -4.61. The zero-order valence-corrected chi connectivity index (χ0v) is 25.6. The van der Waals surface area contributed by atoms with Gasteiger partial charge in [-0.15, -0.1) is 5.10 Å². The Bertz CT molecular complexity index is 1930. The number of para-hydroxylation sites is 1. The van der Waals surface area contributed by atoms with Crippen LogP contribution >= 0.6 is 11.3 Å². The minimum atomic E-state index is -0.524. The zero-order valence-electron chi connectivity index (χ0n) is 24.8. The van der Waals surface area contributed by atoms with Crippen LogP contribution < -0.4 is 9.57 Å². The van der Waals surface area contributed by atoms with Crippen molar-refractivity contribution in [3.63, 3.8) is 0 Å². The summed E-state index contributed by atoms with van der Waals surface area (Å²) in [5.41, 5.74) is 4.42. The number of ether oxygens (including phenoxy) is 1. The number of aromatic nitrogens is 6. The molecule has 3 aromatic heterocycles. The lowest BCUT2D eigenvalue weighted by atomic mass is 9.92. The Kier molecular flexibility index (Phi) is 7.48. The molecule has 2 aliphatic rings. The van der Waals surface area contributed by atoms with Gasteiger partial charge in [-0.25, -0.2) is 14.3 Å². The lowest BCUT2D eigenvalue weighted by Crippen LogP contribution is -2.44. The van der Waals surface area contributed by atoms with Crippen molar-refractivity contribution in [3.8, 4) is 27.6 Å². The van der Waals surface area contributed by atoms with Gasteiger partial charge < -0.3 is 14.5 Å². The maximum atomic E-state index is 12.8. The number of carbonyl (C=O) groups is 1. The Balaban J connectivity index is 0.915. The van der Waals surface area contributed by atoms with Crippen LogP contribution in [0.3, 0.4) is 0 Å². The number of carbonyl (C=O) groups excluding carboxylic acids is 1. The molecule has 0 bridgehead atoms. The predicted octanol–water partition coefficient (Wildman–Crippen LogP) is 6.31. The van der Waals surface area contributed by atoms with Gasteiger partial charge in [0.25, 0.3) is 0 Å². The van der Waals surface area contributed by atoms with E-state index < -0.39 is 5.97 Å². The fourth-order valence-corrected chi connectivity index (χ4v) is 7.38. The molecule has 0 spiro atoms. The highest BCUT2D eigenvalue weighted by atomic mass is 32.1. The molecule has 1 aliphatic carbocycles. The Labute approximate surface area is 264 Å². The third-order valence-electron chi connectivity index (χ3n) is 8.96. The molecule has 1 saturated carbocycles. The summed E-state index contributed by atoms with van der Waals surface area (Å²) in [7, 11) is 0. The van der Waals surface area contributed by atoms with Crippen LogP contribution in [-0.2, 0) is 0 Å². The molecular weight excluding hydrogens is 586 g/mol. The number of benzene rings is 3. The number of likely N-dealkylation sites (tertiary alicyclic amines) is 1. The van der Waals surface area contributed by atoms with E-state index in [2.05, 4.69) is 32.3 Å². The molecule has 3 aromatic carbocycles. The molecular formula is C34H33N7O3S. The van der Waals surface area contributed by atoms with Crippen LogP contribution in [0.25, 0.3) is 37.8 Å². The highest BCUT2D eigenvalue weighted by molar-refractivity contribution is 7.19. The van der Waals surface area contributed by atoms with Gasteiger partial charge in [0.05, 0.1) is 17.5 Å². The van der Waals surface area contributed by atoms with Gasteiger partial charge >= 0.3 is 5.97 Å². The highest BCUT2D eigenvalue weighted by Crippen LogP contribution is 2.32. The summed E-state index contributed by atoms with van der Waals surface area (Å²) in [5, 5.41) is 13.7. The summed E-state index contributed by atoms with van der Waals surface area (Å²) in [6, 6.07) is 23.5. The van der Waals surface area contributed by atoms with Crippen molar-refractivity contribution in [1.29, 1.82) is 0 Å². The van der Waals surface area contributed by atoms with Gasteiger partial charge in [0.15, 0.2) is 0 Å². The normalized spacial score (nSPS) is 16.8. The van der Waals surface area contributed by atoms with E-state index >= 15 is 0 Å². The van der Waals surface area contributed by atoms with E-state index in [1.165, 1.54) is 43.4 Å². The fraction of sp³-hybridized carbons (Fsp3) is 0.324. The first-order valence-electron chi connectivity index (χ1n) is 15.7. The molecule has 0 radical (unpaired) electrons. The Morgan fingerprint density at radius 2 is 1.60 bits per heavy atom. The number of rotatable bonds is 7. The first-order valence-corrected chi connectivity index (χ1v) is 16.5. The summed E-state index contributed by atoms with van der Waals surface area (Å²) >= 11 is 1.54. The van der Waals surface area contributed by atoms with Gasteiger partial charge in [-0.3, -0.25) is 0 Å². The van der Waals surface area contributed by atoms with Crippen LogP contribution in [0.15, 0.2) is 79.0 Å². The van der Waals surface area contributed by atoms with E-state index in [0.717, 1.165) is 69.4 Å².